The van der Waals surface area contributed by atoms with Crippen molar-refractivity contribution in [2.24, 2.45) is 0 Å². The van der Waals surface area contributed by atoms with Gasteiger partial charge in [0.25, 0.3) is 5.91 Å². The summed E-state index contributed by atoms with van der Waals surface area (Å²) in [7, 11) is 0. The van der Waals surface area contributed by atoms with Gasteiger partial charge in [-0.05, 0) is 54.5 Å². The maximum atomic E-state index is 12.2. The summed E-state index contributed by atoms with van der Waals surface area (Å²) in [5, 5.41) is 0. The highest BCUT2D eigenvalue weighted by molar-refractivity contribution is 14.1. The molecule has 0 N–H and O–H groups in total. The molecule has 1 saturated heterocycles. The highest BCUT2D eigenvalue weighted by Gasteiger charge is 2.26. The second-order valence-electron chi connectivity index (χ2n) is 3.97. The van der Waals surface area contributed by atoms with E-state index in [-0.39, 0.29) is 5.91 Å². The van der Waals surface area contributed by atoms with Crippen molar-refractivity contribution in [1.29, 1.82) is 0 Å². The summed E-state index contributed by atoms with van der Waals surface area (Å²) in [6.45, 7) is 3.03. The molecule has 0 aliphatic carbocycles. The lowest BCUT2D eigenvalue weighted by atomic mass is 10.2. The normalized spacial score (nSPS) is 20.7. The van der Waals surface area contributed by atoms with Crippen molar-refractivity contribution >= 4 is 28.5 Å². The molecule has 80 valence electrons. The van der Waals surface area contributed by atoms with Crippen LogP contribution in [0, 0.1) is 3.57 Å². The van der Waals surface area contributed by atoms with Gasteiger partial charge in [0.15, 0.2) is 0 Å². The van der Waals surface area contributed by atoms with Gasteiger partial charge < -0.3 is 4.90 Å². The SMILES string of the molecule is C[C@@H]1CCCN1C(=O)c1ccccc1I. The average molecular weight is 315 g/mol. The van der Waals surface area contributed by atoms with E-state index in [1.807, 2.05) is 29.2 Å². The third-order valence-electron chi connectivity index (χ3n) is 2.92. The van der Waals surface area contributed by atoms with E-state index in [9.17, 15) is 4.79 Å². The Bertz CT molecular complexity index is 378. The van der Waals surface area contributed by atoms with E-state index >= 15 is 0 Å². The summed E-state index contributed by atoms with van der Waals surface area (Å²) < 4.78 is 1.04. The molecule has 1 aliphatic rings. The van der Waals surface area contributed by atoms with Crippen LogP contribution in [0.25, 0.3) is 0 Å². The highest BCUT2D eigenvalue weighted by Crippen LogP contribution is 2.21. The van der Waals surface area contributed by atoms with E-state index in [1.54, 1.807) is 0 Å². The van der Waals surface area contributed by atoms with Crippen molar-refractivity contribution in [2.45, 2.75) is 25.8 Å². The standard InChI is InChI=1S/C12H14INO/c1-9-5-4-8-14(9)12(15)10-6-2-3-7-11(10)13/h2-3,6-7,9H,4-5,8H2,1H3/t9-/m1/s1. The van der Waals surface area contributed by atoms with E-state index in [0.29, 0.717) is 6.04 Å². The summed E-state index contributed by atoms with van der Waals surface area (Å²) in [5.41, 5.74) is 0.840. The lowest BCUT2D eigenvalue weighted by Gasteiger charge is -2.21. The van der Waals surface area contributed by atoms with E-state index < -0.39 is 0 Å². The summed E-state index contributed by atoms with van der Waals surface area (Å²) >= 11 is 2.22. The Morgan fingerprint density at radius 1 is 1.47 bits per heavy atom. The number of halogens is 1. The molecule has 1 atom stereocenters. The monoisotopic (exact) mass is 315 g/mol. The van der Waals surface area contributed by atoms with Crippen LogP contribution < -0.4 is 0 Å². The van der Waals surface area contributed by atoms with Crippen LogP contribution in [0.2, 0.25) is 0 Å². The van der Waals surface area contributed by atoms with Crippen molar-refractivity contribution in [3.05, 3.63) is 33.4 Å². The smallest absolute Gasteiger partial charge is 0.255 e. The number of hydrogen-bond donors (Lipinski definition) is 0. The quantitative estimate of drug-likeness (QED) is 0.730. The molecule has 0 radical (unpaired) electrons. The average Bonchev–Trinajstić information content (AvgIpc) is 2.64. The molecule has 1 aliphatic heterocycles. The molecule has 0 bridgehead atoms. The van der Waals surface area contributed by atoms with Crippen LogP contribution >= 0.6 is 22.6 Å². The Morgan fingerprint density at radius 3 is 2.80 bits per heavy atom. The Morgan fingerprint density at radius 2 is 2.20 bits per heavy atom. The van der Waals surface area contributed by atoms with Gasteiger partial charge in [-0.15, -0.1) is 0 Å². The predicted octanol–water partition coefficient (Wildman–Crippen LogP) is 2.92. The largest absolute Gasteiger partial charge is 0.336 e. The zero-order valence-corrected chi connectivity index (χ0v) is 10.9. The minimum atomic E-state index is 0.185. The van der Waals surface area contributed by atoms with Crippen molar-refractivity contribution < 1.29 is 4.79 Å². The minimum absolute atomic E-state index is 0.185. The molecular weight excluding hydrogens is 301 g/mol. The van der Waals surface area contributed by atoms with Gasteiger partial charge >= 0.3 is 0 Å². The first-order chi connectivity index (χ1) is 7.20. The maximum absolute atomic E-state index is 12.2. The highest BCUT2D eigenvalue weighted by atomic mass is 127. The fourth-order valence-corrected chi connectivity index (χ4v) is 2.64. The number of carbonyl (C=O) groups excluding carboxylic acids is 1. The Balaban J connectivity index is 2.24. The predicted molar refractivity (Wildman–Crippen MR) is 68.9 cm³/mol. The number of benzene rings is 1. The van der Waals surface area contributed by atoms with Gasteiger partial charge in [0.1, 0.15) is 0 Å². The van der Waals surface area contributed by atoms with Crippen LogP contribution in [0.3, 0.4) is 0 Å². The second-order valence-corrected chi connectivity index (χ2v) is 5.13. The van der Waals surface area contributed by atoms with Crippen LogP contribution in [0.5, 0.6) is 0 Å². The van der Waals surface area contributed by atoms with Crippen LogP contribution in [0.4, 0.5) is 0 Å². The molecule has 0 aromatic heterocycles. The summed E-state index contributed by atoms with van der Waals surface area (Å²) in [5.74, 6) is 0.185. The van der Waals surface area contributed by atoms with E-state index in [4.69, 9.17) is 0 Å². The van der Waals surface area contributed by atoms with E-state index in [2.05, 4.69) is 29.5 Å². The molecule has 0 saturated carbocycles. The first-order valence-electron chi connectivity index (χ1n) is 5.25. The number of carbonyl (C=O) groups is 1. The van der Waals surface area contributed by atoms with E-state index in [0.717, 1.165) is 28.5 Å². The fourth-order valence-electron chi connectivity index (χ4n) is 2.02. The third-order valence-corrected chi connectivity index (χ3v) is 3.86. The second kappa shape index (κ2) is 4.51. The first kappa shape index (κ1) is 10.9. The van der Waals surface area contributed by atoms with Crippen LogP contribution in [-0.2, 0) is 0 Å². The van der Waals surface area contributed by atoms with E-state index in [1.165, 1.54) is 0 Å². The van der Waals surface area contributed by atoms with Crippen LogP contribution in [0.15, 0.2) is 24.3 Å². The topological polar surface area (TPSA) is 20.3 Å². The molecular formula is C12H14INO. The number of nitrogens with zero attached hydrogens (tertiary/aromatic N) is 1. The molecule has 15 heavy (non-hydrogen) atoms. The molecule has 3 heteroatoms. The van der Waals surface area contributed by atoms with Crippen LogP contribution in [-0.4, -0.2) is 23.4 Å². The molecule has 2 nitrogen and oxygen atoms in total. The summed E-state index contributed by atoms with van der Waals surface area (Å²) in [6.07, 6.45) is 2.27. The fraction of sp³-hybridized carbons (Fsp3) is 0.417. The van der Waals surface area contributed by atoms with Crippen molar-refractivity contribution in [3.8, 4) is 0 Å². The molecule has 0 spiro atoms. The molecule has 1 amide bonds. The molecule has 1 aromatic carbocycles. The number of amides is 1. The van der Waals surface area contributed by atoms with Crippen molar-refractivity contribution in [3.63, 3.8) is 0 Å². The van der Waals surface area contributed by atoms with Gasteiger partial charge in [-0.3, -0.25) is 4.79 Å². The summed E-state index contributed by atoms with van der Waals surface area (Å²) in [6, 6.07) is 8.18. The van der Waals surface area contributed by atoms with Crippen LogP contribution in [0.1, 0.15) is 30.1 Å². The molecule has 1 aromatic rings. The zero-order chi connectivity index (χ0) is 10.8. The van der Waals surface area contributed by atoms with Gasteiger partial charge in [-0.1, -0.05) is 12.1 Å². The number of hydrogen-bond acceptors (Lipinski definition) is 1. The van der Waals surface area contributed by atoms with Crippen molar-refractivity contribution in [2.75, 3.05) is 6.54 Å². The maximum Gasteiger partial charge on any atom is 0.255 e. The zero-order valence-electron chi connectivity index (χ0n) is 8.74. The number of rotatable bonds is 1. The lowest BCUT2D eigenvalue weighted by molar-refractivity contribution is 0.0746. The molecule has 1 fully saturated rings. The number of likely N-dealkylation sites (tertiary alicyclic amines) is 1. The van der Waals surface area contributed by atoms with Gasteiger partial charge in [0.2, 0.25) is 0 Å². The molecule has 0 unspecified atom stereocenters. The van der Waals surface area contributed by atoms with Gasteiger partial charge in [-0.2, -0.15) is 0 Å². The lowest BCUT2D eigenvalue weighted by Crippen LogP contribution is -2.34. The van der Waals surface area contributed by atoms with Gasteiger partial charge in [0, 0.05) is 16.2 Å². The molecule has 1 heterocycles. The Labute approximate surface area is 104 Å². The first-order valence-corrected chi connectivity index (χ1v) is 6.33. The Kier molecular flexibility index (Phi) is 3.29. The third kappa shape index (κ3) is 2.17. The Hall–Kier alpha value is -0.580. The van der Waals surface area contributed by atoms with Gasteiger partial charge in [0.05, 0.1) is 5.56 Å². The molecule has 2 rings (SSSR count). The minimum Gasteiger partial charge on any atom is -0.336 e. The summed E-state index contributed by atoms with van der Waals surface area (Å²) in [4.78, 5) is 14.2. The van der Waals surface area contributed by atoms with Crippen molar-refractivity contribution in [1.82, 2.24) is 4.90 Å². The van der Waals surface area contributed by atoms with Gasteiger partial charge in [-0.25, -0.2) is 0 Å².